The SMILES string of the molecule is CN=C(NCCCCC1CCCC1)NCC(C)CN1CCN(C)CC1.I. The van der Waals surface area contributed by atoms with E-state index in [1.165, 1.54) is 77.7 Å². The van der Waals surface area contributed by atoms with Crippen LogP contribution in [-0.4, -0.2) is 75.7 Å². The monoisotopic (exact) mass is 479 g/mol. The van der Waals surface area contributed by atoms with Gasteiger partial charge in [-0.3, -0.25) is 4.99 Å². The van der Waals surface area contributed by atoms with Crippen LogP contribution in [0.3, 0.4) is 0 Å². The van der Waals surface area contributed by atoms with Gasteiger partial charge in [0.1, 0.15) is 0 Å². The van der Waals surface area contributed by atoms with Gasteiger partial charge < -0.3 is 20.4 Å². The number of likely N-dealkylation sites (N-methyl/N-ethyl adjacent to an activating group) is 1. The van der Waals surface area contributed by atoms with E-state index in [9.17, 15) is 0 Å². The molecule has 1 atom stereocenters. The van der Waals surface area contributed by atoms with E-state index >= 15 is 0 Å². The molecule has 0 aromatic carbocycles. The Kier molecular flexibility index (Phi) is 12.9. The molecule has 1 aliphatic carbocycles. The molecule has 26 heavy (non-hydrogen) atoms. The molecule has 0 bridgehead atoms. The zero-order chi connectivity index (χ0) is 17.9. The Bertz CT molecular complexity index is 376. The second kappa shape index (κ2) is 14.0. The van der Waals surface area contributed by atoms with Crippen molar-refractivity contribution >= 4 is 29.9 Å². The van der Waals surface area contributed by atoms with E-state index < -0.39 is 0 Å². The van der Waals surface area contributed by atoms with Gasteiger partial charge in [-0.2, -0.15) is 0 Å². The minimum Gasteiger partial charge on any atom is -0.356 e. The van der Waals surface area contributed by atoms with Crippen molar-refractivity contribution in [2.24, 2.45) is 16.8 Å². The Morgan fingerprint density at radius 3 is 2.42 bits per heavy atom. The molecule has 2 rings (SSSR count). The number of aliphatic imine (C=N–C) groups is 1. The summed E-state index contributed by atoms with van der Waals surface area (Å²) in [6, 6.07) is 0. The van der Waals surface area contributed by atoms with Crippen LogP contribution in [0, 0.1) is 11.8 Å². The van der Waals surface area contributed by atoms with Crippen LogP contribution in [0.15, 0.2) is 4.99 Å². The highest BCUT2D eigenvalue weighted by atomic mass is 127. The Hall–Kier alpha value is -0.0800. The van der Waals surface area contributed by atoms with Crippen LogP contribution >= 0.6 is 24.0 Å². The number of hydrogen-bond donors (Lipinski definition) is 2. The van der Waals surface area contributed by atoms with E-state index in [1.807, 2.05) is 7.05 Å². The van der Waals surface area contributed by atoms with Crippen molar-refractivity contribution < 1.29 is 0 Å². The summed E-state index contributed by atoms with van der Waals surface area (Å²) in [5.74, 6) is 2.63. The van der Waals surface area contributed by atoms with Crippen LogP contribution in [0.5, 0.6) is 0 Å². The van der Waals surface area contributed by atoms with Crippen molar-refractivity contribution in [2.75, 3.05) is 59.9 Å². The molecule has 154 valence electrons. The first-order valence-corrected chi connectivity index (χ1v) is 10.5. The predicted octanol–water partition coefficient (Wildman–Crippen LogP) is 3.01. The fraction of sp³-hybridized carbons (Fsp3) is 0.950. The highest BCUT2D eigenvalue weighted by Gasteiger charge is 2.16. The summed E-state index contributed by atoms with van der Waals surface area (Å²) in [7, 11) is 4.09. The molecule has 1 saturated carbocycles. The Morgan fingerprint density at radius 2 is 1.77 bits per heavy atom. The number of rotatable bonds is 9. The Balaban J connectivity index is 0.00000338. The van der Waals surface area contributed by atoms with Crippen molar-refractivity contribution in [3.05, 3.63) is 0 Å². The maximum absolute atomic E-state index is 4.37. The molecule has 0 amide bonds. The third-order valence-electron chi connectivity index (χ3n) is 5.81. The van der Waals surface area contributed by atoms with Crippen molar-refractivity contribution in [3.63, 3.8) is 0 Å². The predicted molar refractivity (Wildman–Crippen MR) is 124 cm³/mol. The molecule has 1 heterocycles. The molecule has 0 aromatic heterocycles. The molecule has 2 N–H and O–H groups in total. The zero-order valence-electron chi connectivity index (χ0n) is 17.3. The number of guanidine groups is 1. The lowest BCUT2D eigenvalue weighted by molar-refractivity contribution is 0.139. The quantitative estimate of drug-likeness (QED) is 0.231. The molecular weight excluding hydrogens is 437 g/mol. The molecule has 6 heteroatoms. The molecule has 2 fully saturated rings. The average molecular weight is 479 g/mol. The fourth-order valence-corrected chi connectivity index (χ4v) is 4.09. The third kappa shape index (κ3) is 9.74. The zero-order valence-corrected chi connectivity index (χ0v) is 19.6. The van der Waals surface area contributed by atoms with E-state index in [0.29, 0.717) is 5.92 Å². The van der Waals surface area contributed by atoms with Crippen LogP contribution in [0.2, 0.25) is 0 Å². The molecular formula is C20H42IN5. The molecule has 0 aromatic rings. The first kappa shape index (κ1) is 24.0. The highest BCUT2D eigenvalue weighted by Crippen LogP contribution is 2.28. The Labute approximate surface area is 178 Å². The molecule has 0 spiro atoms. The number of piperazine rings is 1. The smallest absolute Gasteiger partial charge is 0.190 e. The fourth-order valence-electron chi connectivity index (χ4n) is 4.09. The molecule has 1 saturated heterocycles. The van der Waals surface area contributed by atoms with Crippen molar-refractivity contribution in [2.45, 2.75) is 51.9 Å². The van der Waals surface area contributed by atoms with Gasteiger partial charge in [-0.25, -0.2) is 0 Å². The summed E-state index contributed by atoms with van der Waals surface area (Å²) in [5.41, 5.74) is 0. The van der Waals surface area contributed by atoms with E-state index in [-0.39, 0.29) is 24.0 Å². The number of nitrogens with one attached hydrogen (secondary N) is 2. The molecule has 0 radical (unpaired) electrons. The number of unbranched alkanes of at least 4 members (excludes halogenated alkanes) is 1. The summed E-state index contributed by atoms with van der Waals surface area (Å²) in [5, 5.41) is 6.98. The summed E-state index contributed by atoms with van der Waals surface area (Å²) >= 11 is 0. The molecule has 1 aliphatic heterocycles. The van der Waals surface area contributed by atoms with Crippen molar-refractivity contribution in [1.29, 1.82) is 0 Å². The minimum absolute atomic E-state index is 0. The van der Waals surface area contributed by atoms with Gasteiger partial charge in [0.2, 0.25) is 0 Å². The third-order valence-corrected chi connectivity index (χ3v) is 5.81. The normalized spacial score (nSPS) is 21.4. The molecule has 5 nitrogen and oxygen atoms in total. The van der Waals surface area contributed by atoms with E-state index in [1.54, 1.807) is 0 Å². The lowest BCUT2D eigenvalue weighted by Crippen LogP contribution is -2.47. The Morgan fingerprint density at radius 1 is 1.08 bits per heavy atom. The largest absolute Gasteiger partial charge is 0.356 e. The summed E-state index contributed by atoms with van der Waals surface area (Å²) < 4.78 is 0. The molecule has 2 aliphatic rings. The summed E-state index contributed by atoms with van der Waals surface area (Å²) in [6.45, 7) is 10.4. The van der Waals surface area contributed by atoms with Gasteiger partial charge >= 0.3 is 0 Å². The molecule has 1 unspecified atom stereocenters. The van der Waals surface area contributed by atoms with E-state index in [2.05, 4.69) is 39.4 Å². The van der Waals surface area contributed by atoms with Crippen molar-refractivity contribution in [3.8, 4) is 0 Å². The first-order chi connectivity index (χ1) is 12.2. The number of halogens is 1. The summed E-state index contributed by atoms with van der Waals surface area (Å²) in [6.07, 6.45) is 9.92. The van der Waals surface area contributed by atoms with Gasteiger partial charge in [-0.15, -0.1) is 24.0 Å². The van der Waals surface area contributed by atoms with Crippen LogP contribution in [-0.2, 0) is 0 Å². The maximum Gasteiger partial charge on any atom is 0.190 e. The van der Waals surface area contributed by atoms with Gasteiger partial charge in [-0.1, -0.05) is 45.4 Å². The second-order valence-corrected chi connectivity index (χ2v) is 8.24. The topological polar surface area (TPSA) is 42.9 Å². The van der Waals surface area contributed by atoms with E-state index in [0.717, 1.165) is 25.0 Å². The maximum atomic E-state index is 4.37. The van der Waals surface area contributed by atoms with Crippen LogP contribution < -0.4 is 10.6 Å². The van der Waals surface area contributed by atoms with Gasteiger partial charge in [0, 0.05) is 52.9 Å². The first-order valence-electron chi connectivity index (χ1n) is 10.5. The lowest BCUT2D eigenvalue weighted by Gasteiger charge is -2.34. The lowest BCUT2D eigenvalue weighted by atomic mass is 10.0. The number of hydrogen-bond acceptors (Lipinski definition) is 3. The highest BCUT2D eigenvalue weighted by molar-refractivity contribution is 14.0. The van der Waals surface area contributed by atoms with Gasteiger partial charge in [0.05, 0.1) is 0 Å². The van der Waals surface area contributed by atoms with Crippen LogP contribution in [0.4, 0.5) is 0 Å². The van der Waals surface area contributed by atoms with Gasteiger partial charge in [0.25, 0.3) is 0 Å². The standard InChI is InChI=1S/C20H41N5.HI/c1-18(17-25-14-12-24(3)13-15-25)16-23-20(21-2)22-11-7-6-10-19-8-4-5-9-19;/h18-19H,4-17H2,1-3H3,(H2,21,22,23);1H. The van der Waals surface area contributed by atoms with Gasteiger partial charge in [0.15, 0.2) is 5.96 Å². The van der Waals surface area contributed by atoms with Crippen LogP contribution in [0.25, 0.3) is 0 Å². The van der Waals surface area contributed by atoms with Crippen LogP contribution in [0.1, 0.15) is 51.9 Å². The van der Waals surface area contributed by atoms with Crippen molar-refractivity contribution in [1.82, 2.24) is 20.4 Å². The second-order valence-electron chi connectivity index (χ2n) is 8.24. The minimum atomic E-state index is 0. The average Bonchev–Trinajstić information content (AvgIpc) is 3.13. The summed E-state index contributed by atoms with van der Waals surface area (Å²) in [4.78, 5) is 9.37. The number of nitrogens with zero attached hydrogens (tertiary/aromatic N) is 3. The van der Waals surface area contributed by atoms with Gasteiger partial charge in [-0.05, 0) is 25.3 Å². The van der Waals surface area contributed by atoms with E-state index in [4.69, 9.17) is 0 Å².